The van der Waals surface area contributed by atoms with Crippen LogP contribution in [0.25, 0.3) is 0 Å². The fourth-order valence-electron chi connectivity index (χ4n) is 2.71. The zero-order valence-corrected chi connectivity index (χ0v) is 12.6. The van der Waals surface area contributed by atoms with Crippen molar-refractivity contribution in [2.45, 2.75) is 39.3 Å². The van der Waals surface area contributed by atoms with E-state index in [2.05, 4.69) is 18.7 Å². The highest BCUT2D eigenvalue weighted by Gasteiger charge is 2.23. The topological polar surface area (TPSA) is 32.7 Å². The van der Waals surface area contributed by atoms with Gasteiger partial charge in [0.15, 0.2) is 11.5 Å². The van der Waals surface area contributed by atoms with Crippen LogP contribution >= 0.6 is 11.6 Å². The van der Waals surface area contributed by atoms with E-state index in [0.717, 1.165) is 24.6 Å². The van der Waals surface area contributed by atoms with Crippen molar-refractivity contribution in [2.75, 3.05) is 13.7 Å². The highest BCUT2D eigenvalue weighted by Crippen LogP contribution is 2.35. The molecule has 2 atom stereocenters. The number of halogens is 1. The number of hydrogen-bond acceptors (Lipinski definition) is 3. The van der Waals surface area contributed by atoms with Gasteiger partial charge in [-0.3, -0.25) is 4.90 Å². The molecule has 0 aromatic heterocycles. The first kappa shape index (κ1) is 14.5. The van der Waals surface area contributed by atoms with Crippen LogP contribution in [0.5, 0.6) is 11.5 Å². The number of likely N-dealkylation sites (tertiary alicyclic amines) is 1. The molecule has 0 radical (unpaired) electrons. The lowest BCUT2D eigenvalue weighted by Gasteiger charge is -2.36. The van der Waals surface area contributed by atoms with Crippen LogP contribution in [0.15, 0.2) is 12.1 Å². The summed E-state index contributed by atoms with van der Waals surface area (Å²) in [4.78, 5) is 2.47. The van der Waals surface area contributed by atoms with E-state index in [9.17, 15) is 5.11 Å². The molecular formula is C15H22ClNO2. The van der Waals surface area contributed by atoms with Crippen LogP contribution in [-0.4, -0.2) is 29.7 Å². The minimum atomic E-state index is 0.0213. The molecule has 1 fully saturated rings. The summed E-state index contributed by atoms with van der Waals surface area (Å²) in [6.07, 6.45) is 2.54. The molecule has 2 rings (SSSR count). The summed E-state index contributed by atoms with van der Waals surface area (Å²) >= 11 is 6.03. The fraction of sp³-hybridized carbons (Fsp3) is 0.600. The van der Waals surface area contributed by atoms with Gasteiger partial charge in [0.1, 0.15) is 0 Å². The molecule has 1 heterocycles. The Balaban J connectivity index is 2.16. The number of hydrogen-bond donors (Lipinski definition) is 1. The maximum absolute atomic E-state index is 9.75. The van der Waals surface area contributed by atoms with Crippen molar-refractivity contribution in [3.05, 3.63) is 22.7 Å². The number of phenolic OH excluding ortho intramolecular Hbond substituents is 1. The third-order valence-electron chi connectivity index (χ3n) is 3.94. The summed E-state index contributed by atoms with van der Waals surface area (Å²) in [6, 6.07) is 4.29. The van der Waals surface area contributed by atoms with Crippen molar-refractivity contribution in [1.29, 1.82) is 0 Å². The number of aromatic hydroxyl groups is 1. The Morgan fingerprint density at radius 3 is 2.79 bits per heavy atom. The van der Waals surface area contributed by atoms with Crippen LogP contribution in [0.1, 0.15) is 32.3 Å². The molecule has 19 heavy (non-hydrogen) atoms. The first-order valence-corrected chi connectivity index (χ1v) is 7.18. The standard InChI is InChI=1S/C15H22ClNO2/c1-10-4-5-11(2)17(8-10)9-12-6-13(16)15(18)14(7-12)19-3/h6-7,10-11,18H,4-5,8-9H2,1-3H3. The first-order valence-electron chi connectivity index (χ1n) is 6.80. The molecule has 0 saturated carbocycles. The van der Waals surface area contributed by atoms with Gasteiger partial charge < -0.3 is 9.84 Å². The summed E-state index contributed by atoms with van der Waals surface area (Å²) in [5.74, 6) is 1.21. The van der Waals surface area contributed by atoms with Crippen LogP contribution < -0.4 is 4.74 Å². The second-order valence-electron chi connectivity index (χ2n) is 5.59. The molecule has 1 saturated heterocycles. The van der Waals surface area contributed by atoms with Gasteiger partial charge in [-0.25, -0.2) is 0 Å². The van der Waals surface area contributed by atoms with E-state index < -0.39 is 0 Å². The van der Waals surface area contributed by atoms with Gasteiger partial charge in [-0.2, -0.15) is 0 Å². The Hall–Kier alpha value is -0.930. The second-order valence-corrected chi connectivity index (χ2v) is 6.00. The van der Waals surface area contributed by atoms with Gasteiger partial charge in [-0.05, 0) is 43.4 Å². The van der Waals surface area contributed by atoms with Crippen LogP contribution in [0.2, 0.25) is 5.02 Å². The summed E-state index contributed by atoms with van der Waals surface area (Å²) in [6.45, 7) is 6.53. The quantitative estimate of drug-likeness (QED) is 0.919. The molecule has 1 N–H and O–H groups in total. The van der Waals surface area contributed by atoms with Crippen LogP contribution in [0.3, 0.4) is 0 Å². The molecule has 0 bridgehead atoms. The second kappa shape index (κ2) is 6.02. The molecule has 2 unspecified atom stereocenters. The van der Waals surface area contributed by atoms with Crippen molar-refractivity contribution in [3.8, 4) is 11.5 Å². The number of piperidine rings is 1. The van der Waals surface area contributed by atoms with Gasteiger partial charge in [0.2, 0.25) is 0 Å². The average molecular weight is 284 g/mol. The van der Waals surface area contributed by atoms with Crippen LogP contribution in [0, 0.1) is 5.92 Å². The van der Waals surface area contributed by atoms with Crippen LogP contribution in [-0.2, 0) is 6.54 Å². The molecule has 4 heteroatoms. The summed E-state index contributed by atoms with van der Waals surface area (Å²) in [7, 11) is 1.54. The normalized spacial score (nSPS) is 24.4. The van der Waals surface area contributed by atoms with E-state index in [4.69, 9.17) is 16.3 Å². The lowest BCUT2D eigenvalue weighted by molar-refractivity contribution is 0.117. The minimum Gasteiger partial charge on any atom is -0.503 e. The molecule has 1 aliphatic rings. The van der Waals surface area contributed by atoms with E-state index >= 15 is 0 Å². The van der Waals surface area contributed by atoms with Gasteiger partial charge in [-0.1, -0.05) is 18.5 Å². The van der Waals surface area contributed by atoms with E-state index in [1.807, 2.05) is 12.1 Å². The lowest BCUT2D eigenvalue weighted by atomic mass is 9.94. The number of nitrogens with zero attached hydrogens (tertiary/aromatic N) is 1. The van der Waals surface area contributed by atoms with Gasteiger partial charge >= 0.3 is 0 Å². The number of phenols is 1. The number of ether oxygens (including phenoxy) is 1. The molecule has 106 valence electrons. The maximum atomic E-state index is 9.75. The average Bonchev–Trinajstić information content (AvgIpc) is 2.38. The largest absolute Gasteiger partial charge is 0.503 e. The highest BCUT2D eigenvalue weighted by molar-refractivity contribution is 6.32. The van der Waals surface area contributed by atoms with Gasteiger partial charge in [0.25, 0.3) is 0 Å². The number of methoxy groups -OCH3 is 1. The van der Waals surface area contributed by atoms with Gasteiger partial charge in [-0.15, -0.1) is 0 Å². The molecule has 1 aromatic rings. The predicted molar refractivity (Wildman–Crippen MR) is 77.9 cm³/mol. The zero-order chi connectivity index (χ0) is 14.0. The minimum absolute atomic E-state index is 0.0213. The lowest BCUT2D eigenvalue weighted by Crippen LogP contribution is -2.40. The molecular weight excluding hydrogens is 262 g/mol. The van der Waals surface area contributed by atoms with Crippen LogP contribution in [0.4, 0.5) is 0 Å². The number of rotatable bonds is 3. The Morgan fingerprint density at radius 2 is 2.11 bits per heavy atom. The van der Waals surface area contributed by atoms with E-state index in [0.29, 0.717) is 16.8 Å². The Morgan fingerprint density at radius 1 is 1.37 bits per heavy atom. The van der Waals surface area contributed by atoms with Crippen molar-refractivity contribution >= 4 is 11.6 Å². The number of benzene rings is 1. The molecule has 1 aromatic carbocycles. The van der Waals surface area contributed by atoms with Crippen molar-refractivity contribution in [1.82, 2.24) is 4.90 Å². The van der Waals surface area contributed by atoms with Crippen molar-refractivity contribution < 1.29 is 9.84 Å². The Bertz CT molecular complexity index is 450. The molecule has 0 aliphatic carbocycles. The Kier molecular flexibility index (Phi) is 4.58. The summed E-state index contributed by atoms with van der Waals surface area (Å²) in [5.41, 5.74) is 1.08. The third kappa shape index (κ3) is 3.34. The SMILES string of the molecule is COc1cc(CN2CC(C)CCC2C)cc(Cl)c1O. The summed E-state index contributed by atoms with van der Waals surface area (Å²) < 4.78 is 5.15. The van der Waals surface area contributed by atoms with E-state index in [-0.39, 0.29) is 5.75 Å². The molecule has 3 nitrogen and oxygen atoms in total. The first-order chi connectivity index (χ1) is 9.01. The maximum Gasteiger partial charge on any atom is 0.176 e. The molecule has 1 aliphatic heterocycles. The Labute approximate surface area is 120 Å². The zero-order valence-electron chi connectivity index (χ0n) is 11.8. The van der Waals surface area contributed by atoms with Crippen molar-refractivity contribution in [3.63, 3.8) is 0 Å². The molecule has 0 spiro atoms. The smallest absolute Gasteiger partial charge is 0.176 e. The monoisotopic (exact) mass is 283 g/mol. The highest BCUT2D eigenvalue weighted by atomic mass is 35.5. The third-order valence-corrected chi connectivity index (χ3v) is 4.23. The van der Waals surface area contributed by atoms with E-state index in [1.165, 1.54) is 12.8 Å². The molecule has 0 amide bonds. The van der Waals surface area contributed by atoms with Gasteiger partial charge in [0, 0.05) is 19.1 Å². The fourth-order valence-corrected chi connectivity index (χ4v) is 2.94. The van der Waals surface area contributed by atoms with E-state index in [1.54, 1.807) is 7.11 Å². The van der Waals surface area contributed by atoms with Crippen molar-refractivity contribution in [2.24, 2.45) is 5.92 Å². The van der Waals surface area contributed by atoms with Gasteiger partial charge in [0.05, 0.1) is 12.1 Å². The summed E-state index contributed by atoms with van der Waals surface area (Å²) in [5, 5.41) is 10.1. The predicted octanol–water partition coefficient (Wildman–Crippen LogP) is 3.67.